The Bertz CT molecular complexity index is 552. The molecular weight excluding hydrogens is 296 g/mol. The first-order valence-electron chi connectivity index (χ1n) is 8.16. The van der Waals surface area contributed by atoms with Crippen LogP contribution < -0.4 is 0 Å². The number of nitriles is 1. The van der Waals surface area contributed by atoms with E-state index < -0.39 is 0 Å². The van der Waals surface area contributed by atoms with Crippen molar-refractivity contribution < 1.29 is 14.3 Å². The molecule has 3 atom stereocenters. The van der Waals surface area contributed by atoms with Crippen LogP contribution in [0.25, 0.3) is 0 Å². The van der Waals surface area contributed by atoms with Crippen LogP contribution in [0.5, 0.6) is 0 Å². The highest BCUT2D eigenvalue weighted by Gasteiger charge is 2.41. The topological polar surface area (TPSA) is 86.0 Å². The number of amides is 2. The van der Waals surface area contributed by atoms with Crippen molar-refractivity contribution in [2.45, 2.75) is 31.7 Å². The van der Waals surface area contributed by atoms with Crippen LogP contribution in [0.15, 0.2) is 4.99 Å². The van der Waals surface area contributed by atoms with E-state index in [4.69, 9.17) is 10.00 Å². The van der Waals surface area contributed by atoms with Crippen molar-refractivity contribution in [3.63, 3.8) is 0 Å². The highest BCUT2D eigenvalue weighted by molar-refractivity contribution is 5.90. The summed E-state index contributed by atoms with van der Waals surface area (Å²) in [6, 6.07) is 1.91. The van der Waals surface area contributed by atoms with Crippen molar-refractivity contribution in [2.24, 2.45) is 16.8 Å². The van der Waals surface area contributed by atoms with Gasteiger partial charge in [-0.15, -0.1) is 0 Å². The molecule has 0 aromatic carbocycles. The van der Waals surface area contributed by atoms with Crippen LogP contribution in [-0.2, 0) is 9.53 Å². The maximum Gasteiger partial charge on any atom is 0.409 e. The summed E-state index contributed by atoms with van der Waals surface area (Å²) in [6.07, 6.45) is 3.12. The van der Waals surface area contributed by atoms with E-state index in [-0.39, 0.29) is 24.6 Å². The van der Waals surface area contributed by atoms with E-state index in [2.05, 4.69) is 11.1 Å². The van der Waals surface area contributed by atoms with Gasteiger partial charge in [-0.05, 0) is 37.5 Å². The van der Waals surface area contributed by atoms with Crippen LogP contribution in [0.4, 0.5) is 4.79 Å². The minimum absolute atomic E-state index is 0.0465. The molecule has 3 aliphatic rings. The van der Waals surface area contributed by atoms with Gasteiger partial charge in [0.25, 0.3) is 0 Å². The Kier molecular flexibility index (Phi) is 4.51. The molecule has 1 aliphatic carbocycles. The molecule has 0 aromatic rings. The molecule has 2 aliphatic heterocycles. The lowest BCUT2D eigenvalue weighted by Gasteiger charge is -2.18. The van der Waals surface area contributed by atoms with Gasteiger partial charge in [-0.25, -0.2) is 4.79 Å². The fourth-order valence-corrected chi connectivity index (χ4v) is 3.97. The van der Waals surface area contributed by atoms with Gasteiger partial charge in [0.1, 0.15) is 12.6 Å². The number of hydrogen-bond donors (Lipinski definition) is 0. The minimum atomic E-state index is -0.278. The molecule has 7 nitrogen and oxygen atoms in total. The summed E-state index contributed by atoms with van der Waals surface area (Å²) in [7, 11) is 1.40. The van der Waals surface area contributed by atoms with E-state index in [0.29, 0.717) is 31.5 Å². The van der Waals surface area contributed by atoms with E-state index in [1.165, 1.54) is 7.11 Å². The van der Waals surface area contributed by atoms with E-state index >= 15 is 0 Å². The summed E-state index contributed by atoms with van der Waals surface area (Å²) >= 11 is 0. The Labute approximate surface area is 135 Å². The molecule has 1 saturated carbocycles. The number of rotatable bonds is 2. The van der Waals surface area contributed by atoms with Crippen LogP contribution in [-0.4, -0.2) is 66.8 Å². The Morgan fingerprint density at radius 1 is 1.35 bits per heavy atom. The van der Waals surface area contributed by atoms with Gasteiger partial charge < -0.3 is 14.5 Å². The highest BCUT2D eigenvalue weighted by atomic mass is 16.5. The second-order valence-corrected chi connectivity index (χ2v) is 6.56. The van der Waals surface area contributed by atoms with E-state index in [9.17, 15) is 9.59 Å². The first-order valence-corrected chi connectivity index (χ1v) is 8.16. The molecule has 2 heterocycles. The molecule has 7 heteroatoms. The van der Waals surface area contributed by atoms with Crippen molar-refractivity contribution in [1.29, 1.82) is 5.26 Å². The zero-order valence-electron chi connectivity index (χ0n) is 13.4. The Balaban J connectivity index is 1.51. The molecule has 0 N–H and O–H groups in total. The number of fused-ring (bicyclic) bond motifs is 1. The average Bonchev–Trinajstić information content (AvgIpc) is 3.24. The summed E-state index contributed by atoms with van der Waals surface area (Å²) in [5.41, 5.74) is 1.07. The third kappa shape index (κ3) is 3.16. The fraction of sp³-hybridized carbons (Fsp3) is 0.750. The van der Waals surface area contributed by atoms with Crippen molar-refractivity contribution in [3.05, 3.63) is 0 Å². The summed E-state index contributed by atoms with van der Waals surface area (Å²) in [5.74, 6) is 0.818. The second kappa shape index (κ2) is 6.57. The Hall–Kier alpha value is -2.10. The molecule has 2 amide bonds. The van der Waals surface area contributed by atoms with E-state index in [1.54, 1.807) is 9.80 Å². The molecular formula is C16H22N4O3. The molecule has 124 valence electrons. The third-order valence-corrected chi connectivity index (χ3v) is 5.16. The van der Waals surface area contributed by atoms with Gasteiger partial charge in [0, 0.05) is 25.3 Å². The lowest BCUT2D eigenvalue weighted by Crippen LogP contribution is -2.36. The predicted molar refractivity (Wildman–Crippen MR) is 82.8 cm³/mol. The van der Waals surface area contributed by atoms with E-state index in [0.717, 1.165) is 31.4 Å². The number of nitrogens with zero attached hydrogens (tertiary/aromatic N) is 4. The highest BCUT2D eigenvalue weighted by Crippen LogP contribution is 2.36. The molecule has 2 saturated heterocycles. The molecule has 0 aromatic heterocycles. The largest absolute Gasteiger partial charge is 0.453 e. The zero-order chi connectivity index (χ0) is 16.4. The van der Waals surface area contributed by atoms with Gasteiger partial charge >= 0.3 is 6.09 Å². The lowest BCUT2D eigenvalue weighted by molar-refractivity contribution is -0.129. The van der Waals surface area contributed by atoms with Crippen molar-refractivity contribution in [1.82, 2.24) is 9.80 Å². The smallest absolute Gasteiger partial charge is 0.409 e. The zero-order valence-corrected chi connectivity index (χ0v) is 13.4. The van der Waals surface area contributed by atoms with Gasteiger partial charge in [0.2, 0.25) is 5.91 Å². The van der Waals surface area contributed by atoms with Crippen molar-refractivity contribution in [3.8, 4) is 6.07 Å². The molecule has 3 rings (SSSR count). The summed E-state index contributed by atoms with van der Waals surface area (Å²) in [5, 5.41) is 9.04. The van der Waals surface area contributed by atoms with Crippen LogP contribution in [0.3, 0.4) is 0 Å². The van der Waals surface area contributed by atoms with Crippen molar-refractivity contribution >= 4 is 17.7 Å². The van der Waals surface area contributed by atoms with Crippen LogP contribution >= 0.6 is 0 Å². The summed E-state index contributed by atoms with van der Waals surface area (Å²) in [4.78, 5) is 31.6. The third-order valence-electron chi connectivity index (χ3n) is 5.16. The van der Waals surface area contributed by atoms with Gasteiger partial charge in [0.15, 0.2) is 0 Å². The first kappa shape index (κ1) is 15.8. The summed E-state index contributed by atoms with van der Waals surface area (Å²) < 4.78 is 4.76. The maximum absolute atomic E-state index is 12.2. The molecule has 0 radical (unpaired) electrons. The number of likely N-dealkylation sites (tertiary alicyclic amines) is 2. The molecule has 1 unspecified atom stereocenters. The SMILES string of the molecule is COC(=O)N1C[C@H]2CC(=NCC(=O)N3CCCC3C#N)C[C@H]2C1. The number of carbonyl (C=O) groups excluding carboxylic acids is 2. The van der Waals surface area contributed by atoms with E-state index in [1.807, 2.05) is 0 Å². The number of aliphatic imine (C=N–C) groups is 1. The summed E-state index contributed by atoms with van der Waals surface area (Å²) in [6.45, 7) is 2.24. The second-order valence-electron chi connectivity index (χ2n) is 6.56. The number of hydrogen-bond acceptors (Lipinski definition) is 5. The standard InChI is InChI=1S/C16H22N4O3/c1-23-16(22)19-9-11-5-13(6-12(11)10-19)18-8-15(21)20-4-2-3-14(20)7-17/h11-12,14H,2-6,8-10H2,1H3/t11-,12+,14?. The van der Waals surface area contributed by atoms with Gasteiger partial charge in [-0.3, -0.25) is 9.79 Å². The first-order chi connectivity index (χ1) is 11.1. The van der Waals surface area contributed by atoms with Crippen LogP contribution in [0.2, 0.25) is 0 Å². The quantitative estimate of drug-likeness (QED) is 0.761. The molecule has 23 heavy (non-hydrogen) atoms. The van der Waals surface area contributed by atoms with Crippen LogP contribution in [0, 0.1) is 23.2 Å². The monoisotopic (exact) mass is 318 g/mol. The molecule has 3 fully saturated rings. The fourth-order valence-electron chi connectivity index (χ4n) is 3.97. The van der Waals surface area contributed by atoms with Gasteiger partial charge in [0.05, 0.1) is 13.2 Å². The molecule has 0 bridgehead atoms. The van der Waals surface area contributed by atoms with Crippen LogP contribution in [0.1, 0.15) is 25.7 Å². The predicted octanol–water partition coefficient (Wildman–Crippen LogP) is 1.05. The van der Waals surface area contributed by atoms with Crippen molar-refractivity contribution in [2.75, 3.05) is 33.3 Å². The maximum atomic E-state index is 12.2. The minimum Gasteiger partial charge on any atom is -0.453 e. The van der Waals surface area contributed by atoms with Gasteiger partial charge in [-0.1, -0.05) is 0 Å². The number of methoxy groups -OCH3 is 1. The normalized spacial score (nSPS) is 31.3. The Morgan fingerprint density at radius 3 is 2.65 bits per heavy atom. The molecule has 0 spiro atoms. The average molecular weight is 318 g/mol. The number of carbonyl (C=O) groups is 2. The number of ether oxygens (including phenoxy) is 1. The Morgan fingerprint density at radius 2 is 2.04 bits per heavy atom. The lowest BCUT2D eigenvalue weighted by atomic mass is 10.0. The van der Waals surface area contributed by atoms with Gasteiger partial charge in [-0.2, -0.15) is 5.26 Å².